The zero-order chi connectivity index (χ0) is 9.47. The van der Waals surface area contributed by atoms with E-state index in [0.29, 0.717) is 5.41 Å². The minimum atomic E-state index is -0.0751. The number of rotatable bonds is 2. The van der Waals surface area contributed by atoms with Gasteiger partial charge in [-0.05, 0) is 31.1 Å². The molecule has 0 bridgehead atoms. The van der Waals surface area contributed by atoms with Crippen LogP contribution in [0.4, 0.5) is 0 Å². The lowest BCUT2D eigenvalue weighted by Crippen LogP contribution is -2.35. The second-order valence-electron chi connectivity index (χ2n) is 4.43. The van der Waals surface area contributed by atoms with Gasteiger partial charge in [-0.2, -0.15) is 12.6 Å². The van der Waals surface area contributed by atoms with Crippen molar-refractivity contribution < 1.29 is 4.79 Å². The number of thiol groups is 1. The fraction of sp³-hybridized carbons (Fsp3) is 0.900. The van der Waals surface area contributed by atoms with Crippen LogP contribution >= 0.6 is 12.6 Å². The van der Waals surface area contributed by atoms with E-state index in [9.17, 15) is 4.79 Å². The molecule has 3 heteroatoms. The van der Waals surface area contributed by atoms with Crippen molar-refractivity contribution in [3.63, 3.8) is 0 Å². The average molecular weight is 199 g/mol. The summed E-state index contributed by atoms with van der Waals surface area (Å²) in [5.74, 6) is 0.245. The Kier molecular flexibility index (Phi) is 2.30. The first-order valence-electron chi connectivity index (χ1n) is 5.14. The van der Waals surface area contributed by atoms with Crippen LogP contribution in [-0.4, -0.2) is 29.1 Å². The molecule has 2 aliphatic rings. The van der Waals surface area contributed by atoms with E-state index in [1.165, 1.54) is 19.3 Å². The van der Waals surface area contributed by atoms with E-state index in [4.69, 9.17) is 0 Å². The second kappa shape index (κ2) is 3.19. The van der Waals surface area contributed by atoms with Gasteiger partial charge in [-0.15, -0.1) is 0 Å². The molecule has 1 saturated carbocycles. The molecule has 0 radical (unpaired) electrons. The number of carbonyl (C=O) groups is 1. The van der Waals surface area contributed by atoms with Crippen molar-refractivity contribution in [2.45, 2.75) is 37.9 Å². The highest BCUT2D eigenvalue weighted by molar-refractivity contribution is 7.81. The Balaban J connectivity index is 1.91. The van der Waals surface area contributed by atoms with Crippen LogP contribution in [0.3, 0.4) is 0 Å². The van der Waals surface area contributed by atoms with E-state index in [1.807, 2.05) is 11.8 Å². The molecular formula is C10H17NOS. The van der Waals surface area contributed by atoms with Crippen molar-refractivity contribution in [2.24, 2.45) is 5.41 Å². The Morgan fingerprint density at radius 2 is 2.23 bits per heavy atom. The van der Waals surface area contributed by atoms with Crippen LogP contribution in [0.5, 0.6) is 0 Å². The molecule has 1 spiro atoms. The molecule has 1 saturated heterocycles. The number of nitrogens with zero attached hydrogens (tertiary/aromatic N) is 1. The summed E-state index contributed by atoms with van der Waals surface area (Å²) < 4.78 is 0. The zero-order valence-electron chi connectivity index (χ0n) is 8.12. The van der Waals surface area contributed by atoms with Crippen molar-refractivity contribution in [3.8, 4) is 0 Å². The Bertz CT molecular complexity index is 225. The molecule has 2 fully saturated rings. The molecule has 0 N–H and O–H groups in total. The molecule has 0 aromatic rings. The van der Waals surface area contributed by atoms with Gasteiger partial charge in [0.2, 0.25) is 5.91 Å². The minimum Gasteiger partial charge on any atom is -0.341 e. The lowest BCUT2D eigenvalue weighted by molar-refractivity contribution is -0.129. The van der Waals surface area contributed by atoms with Crippen LogP contribution in [0.1, 0.15) is 32.6 Å². The predicted molar refractivity (Wildman–Crippen MR) is 55.9 cm³/mol. The number of carbonyl (C=O) groups excluding carboxylic acids is 1. The molecule has 1 amide bonds. The van der Waals surface area contributed by atoms with Gasteiger partial charge < -0.3 is 4.90 Å². The Morgan fingerprint density at radius 1 is 1.54 bits per heavy atom. The van der Waals surface area contributed by atoms with Gasteiger partial charge in [0.25, 0.3) is 0 Å². The zero-order valence-corrected chi connectivity index (χ0v) is 9.02. The summed E-state index contributed by atoms with van der Waals surface area (Å²) in [5.41, 5.74) is 0.552. The van der Waals surface area contributed by atoms with E-state index < -0.39 is 0 Å². The van der Waals surface area contributed by atoms with Gasteiger partial charge in [0.15, 0.2) is 0 Å². The molecule has 0 aromatic heterocycles. The van der Waals surface area contributed by atoms with Crippen molar-refractivity contribution >= 4 is 18.5 Å². The molecule has 1 heterocycles. The van der Waals surface area contributed by atoms with Crippen molar-refractivity contribution in [1.82, 2.24) is 4.90 Å². The van der Waals surface area contributed by atoms with Crippen molar-refractivity contribution in [1.29, 1.82) is 0 Å². The van der Waals surface area contributed by atoms with E-state index in [-0.39, 0.29) is 11.2 Å². The number of amides is 1. The summed E-state index contributed by atoms with van der Waals surface area (Å²) >= 11 is 4.29. The molecular weight excluding hydrogens is 182 g/mol. The summed E-state index contributed by atoms with van der Waals surface area (Å²) in [7, 11) is 0. The first-order chi connectivity index (χ1) is 6.17. The summed E-state index contributed by atoms with van der Waals surface area (Å²) in [6.45, 7) is 3.98. The van der Waals surface area contributed by atoms with Crippen LogP contribution < -0.4 is 0 Å². The highest BCUT2D eigenvalue weighted by Gasteiger charge is 2.49. The maximum absolute atomic E-state index is 11.7. The fourth-order valence-electron chi connectivity index (χ4n) is 2.09. The van der Waals surface area contributed by atoms with Gasteiger partial charge in [-0.1, -0.05) is 6.92 Å². The van der Waals surface area contributed by atoms with Gasteiger partial charge >= 0.3 is 0 Å². The largest absolute Gasteiger partial charge is 0.341 e. The molecule has 2 rings (SSSR count). The first-order valence-corrected chi connectivity index (χ1v) is 5.65. The van der Waals surface area contributed by atoms with Gasteiger partial charge in [0.05, 0.1) is 5.25 Å². The minimum absolute atomic E-state index is 0.0751. The average Bonchev–Trinajstić information content (AvgIpc) is 2.74. The standard InChI is InChI=1S/C10H17NOS/c1-2-8(13)9(12)11-6-5-10(7-11)3-4-10/h8,13H,2-7H2,1H3. The van der Waals surface area contributed by atoms with E-state index in [1.54, 1.807) is 0 Å². The Hall–Kier alpha value is -0.180. The molecule has 1 aliphatic heterocycles. The third kappa shape index (κ3) is 1.71. The third-order valence-electron chi connectivity index (χ3n) is 3.38. The van der Waals surface area contributed by atoms with Crippen molar-refractivity contribution in [2.75, 3.05) is 13.1 Å². The normalized spacial score (nSPS) is 26.5. The molecule has 74 valence electrons. The Labute approximate surface area is 85.1 Å². The van der Waals surface area contributed by atoms with E-state index >= 15 is 0 Å². The fourth-order valence-corrected chi connectivity index (χ4v) is 2.26. The van der Waals surface area contributed by atoms with E-state index in [0.717, 1.165) is 19.5 Å². The summed E-state index contributed by atoms with van der Waals surface area (Å²) in [4.78, 5) is 13.7. The van der Waals surface area contributed by atoms with Crippen LogP contribution in [0.15, 0.2) is 0 Å². The monoisotopic (exact) mass is 199 g/mol. The van der Waals surface area contributed by atoms with Crippen LogP contribution in [0.2, 0.25) is 0 Å². The molecule has 1 atom stereocenters. The lowest BCUT2D eigenvalue weighted by Gasteiger charge is -2.19. The number of likely N-dealkylation sites (tertiary alicyclic amines) is 1. The summed E-state index contributed by atoms with van der Waals surface area (Å²) in [5, 5.41) is -0.0751. The summed E-state index contributed by atoms with van der Waals surface area (Å²) in [6, 6.07) is 0. The highest BCUT2D eigenvalue weighted by atomic mass is 32.1. The molecule has 13 heavy (non-hydrogen) atoms. The van der Waals surface area contributed by atoms with Crippen LogP contribution in [0, 0.1) is 5.41 Å². The maximum atomic E-state index is 11.7. The molecule has 1 aliphatic carbocycles. The van der Waals surface area contributed by atoms with E-state index in [2.05, 4.69) is 12.6 Å². The second-order valence-corrected chi connectivity index (χ2v) is 5.06. The maximum Gasteiger partial charge on any atom is 0.235 e. The smallest absolute Gasteiger partial charge is 0.235 e. The molecule has 2 nitrogen and oxygen atoms in total. The van der Waals surface area contributed by atoms with Gasteiger partial charge in [0, 0.05) is 13.1 Å². The van der Waals surface area contributed by atoms with Crippen LogP contribution in [0.25, 0.3) is 0 Å². The summed E-state index contributed by atoms with van der Waals surface area (Å²) in [6.07, 6.45) is 4.73. The predicted octanol–water partition coefficient (Wildman–Crippen LogP) is 1.71. The SMILES string of the molecule is CCC(S)C(=O)N1CCC2(CC2)C1. The van der Waals surface area contributed by atoms with Gasteiger partial charge in [-0.25, -0.2) is 0 Å². The third-order valence-corrected chi connectivity index (χ3v) is 3.96. The number of hydrogen-bond donors (Lipinski definition) is 1. The quantitative estimate of drug-likeness (QED) is 0.671. The van der Waals surface area contributed by atoms with Crippen molar-refractivity contribution in [3.05, 3.63) is 0 Å². The van der Waals surface area contributed by atoms with Crippen LogP contribution in [-0.2, 0) is 4.79 Å². The molecule has 0 aromatic carbocycles. The lowest BCUT2D eigenvalue weighted by atomic mass is 10.1. The topological polar surface area (TPSA) is 20.3 Å². The van der Waals surface area contributed by atoms with Gasteiger partial charge in [-0.3, -0.25) is 4.79 Å². The number of hydrogen-bond acceptors (Lipinski definition) is 2. The van der Waals surface area contributed by atoms with Gasteiger partial charge in [0.1, 0.15) is 0 Å². The first kappa shape index (κ1) is 9.38. The Morgan fingerprint density at radius 3 is 2.69 bits per heavy atom. The highest BCUT2D eigenvalue weighted by Crippen LogP contribution is 2.52. The molecule has 1 unspecified atom stereocenters.